The molecule has 1 aliphatic rings. The van der Waals surface area contributed by atoms with Crippen molar-refractivity contribution < 1.29 is 4.79 Å². The van der Waals surface area contributed by atoms with Crippen molar-refractivity contribution in [2.45, 2.75) is 33.1 Å². The van der Waals surface area contributed by atoms with Crippen LogP contribution in [0, 0.1) is 11.3 Å². The Kier molecular flexibility index (Phi) is 5.32. The predicted molar refractivity (Wildman–Crippen MR) is 72.0 cm³/mol. The highest BCUT2D eigenvalue weighted by atomic mass is 32.2. The zero-order valence-electron chi connectivity index (χ0n) is 11.1. The van der Waals surface area contributed by atoms with Gasteiger partial charge in [-0.15, -0.1) is 0 Å². The van der Waals surface area contributed by atoms with Crippen molar-refractivity contribution in [1.82, 2.24) is 4.90 Å². The fraction of sp³-hybridized carbons (Fsp3) is 0.923. The van der Waals surface area contributed by atoms with Crippen LogP contribution >= 0.6 is 11.8 Å². The smallest absolute Gasteiger partial charge is 0.137 e. The van der Waals surface area contributed by atoms with E-state index in [0.29, 0.717) is 11.2 Å². The van der Waals surface area contributed by atoms with Gasteiger partial charge in [0.15, 0.2) is 0 Å². The number of nitrogens with zero attached hydrogens (tertiary/aromatic N) is 1. The first-order valence-electron chi connectivity index (χ1n) is 6.15. The quantitative estimate of drug-likeness (QED) is 0.740. The molecule has 0 amide bonds. The van der Waals surface area contributed by atoms with Crippen molar-refractivity contribution in [2.24, 2.45) is 11.3 Å². The van der Waals surface area contributed by atoms with Crippen molar-refractivity contribution >= 4 is 17.5 Å². The minimum atomic E-state index is 0.274. The van der Waals surface area contributed by atoms with Gasteiger partial charge in [0, 0.05) is 31.2 Å². The monoisotopic (exact) mass is 243 g/mol. The molecular formula is C13H25NOS. The van der Waals surface area contributed by atoms with Crippen LogP contribution in [0.2, 0.25) is 0 Å². The zero-order chi connectivity index (χ0) is 12.2. The van der Waals surface area contributed by atoms with E-state index in [1.165, 1.54) is 0 Å². The zero-order valence-corrected chi connectivity index (χ0v) is 11.9. The molecule has 0 aromatic rings. The normalized spacial score (nSPS) is 25.1. The Morgan fingerprint density at radius 2 is 2.19 bits per heavy atom. The summed E-state index contributed by atoms with van der Waals surface area (Å²) in [5, 5.41) is 0. The third kappa shape index (κ3) is 4.46. The van der Waals surface area contributed by atoms with Gasteiger partial charge >= 0.3 is 0 Å². The maximum atomic E-state index is 11.9. The van der Waals surface area contributed by atoms with Gasteiger partial charge in [-0.25, -0.2) is 0 Å². The van der Waals surface area contributed by atoms with Gasteiger partial charge in [0.05, 0.1) is 0 Å². The van der Waals surface area contributed by atoms with E-state index >= 15 is 0 Å². The molecule has 1 unspecified atom stereocenters. The summed E-state index contributed by atoms with van der Waals surface area (Å²) in [4.78, 5) is 14.2. The Morgan fingerprint density at radius 1 is 1.50 bits per heavy atom. The largest absolute Gasteiger partial charge is 0.305 e. The highest BCUT2D eigenvalue weighted by Gasteiger charge is 2.33. The number of ketones is 1. The molecule has 0 N–H and O–H groups in total. The lowest BCUT2D eigenvalue weighted by molar-refractivity contribution is -0.127. The molecule has 2 nitrogen and oxygen atoms in total. The fourth-order valence-corrected chi connectivity index (χ4v) is 2.92. The molecule has 0 saturated heterocycles. The van der Waals surface area contributed by atoms with Crippen LogP contribution in [0.5, 0.6) is 0 Å². The van der Waals surface area contributed by atoms with E-state index in [1.807, 2.05) is 11.8 Å². The van der Waals surface area contributed by atoms with Crippen LogP contribution < -0.4 is 0 Å². The van der Waals surface area contributed by atoms with Gasteiger partial charge in [-0.2, -0.15) is 11.8 Å². The molecule has 3 heteroatoms. The molecule has 1 saturated carbocycles. The Bertz CT molecular complexity index is 240. The minimum Gasteiger partial charge on any atom is -0.305 e. The minimum absolute atomic E-state index is 0.274. The Labute approximate surface area is 104 Å². The molecule has 0 bridgehead atoms. The molecule has 1 fully saturated rings. The summed E-state index contributed by atoms with van der Waals surface area (Å²) in [6.45, 7) is 6.61. The van der Waals surface area contributed by atoms with Gasteiger partial charge in [0.2, 0.25) is 0 Å². The van der Waals surface area contributed by atoms with Crippen LogP contribution in [0.25, 0.3) is 0 Å². The lowest BCUT2D eigenvalue weighted by Gasteiger charge is -2.35. The van der Waals surface area contributed by atoms with Crippen LogP contribution in [-0.2, 0) is 4.79 Å². The summed E-state index contributed by atoms with van der Waals surface area (Å²) in [6, 6.07) is 0. The third-order valence-corrected chi connectivity index (χ3v) is 4.10. The molecule has 1 atom stereocenters. The predicted octanol–water partition coefficient (Wildman–Crippen LogP) is 2.68. The van der Waals surface area contributed by atoms with Gasteiger partial charge in [-0.05, 0) is 31.6 Å². The van der Waals surface area contributed by atoms with E-state index in [9.17, 15) is 4.79 Å². The van der Waals surface area contributed by atoms with Crippen LogP contribution in [0.4, 0.5) is 0 Å². The Balaban J connectivity index is 2.42. The first-order chi connectivity index (χ1) is 7.44. The first kappa shape index (κ1) is 14.0. The SMILES string of the molecule is CSCCN(C)CC1CC(C)(C)CCC1=O. The van der Waals surface area contributed by atoms with Gasteiger partial charge in [-0.1, -0.05) is 13.8 Å². The van der Waals surface area contributed by atoms with Gasteiger partial charge in [0.1, 0.15) is 5.78 Å². The number of carbonyl (C=O) groups excluding carboxylic acids is 1. The molecule has 0 aromatic heterocycles. The number of carbonyl (C=O) groups is 1. The maximum absolute atomic E-state index is 11.9. The second kappa shape index (κ2) is 6.06. The summed E-state index contributed by atoms with van der Waals surface area (Å²) >= 11 is 1.87. The van der Waals surface area contributed by atoms with Gasteiger partial charge in [-0.3, -0.25) is 4.79 Å². The summed E-state index contributed by atoms with van der Waals surface area (Å²) in [5.74, 6) is 1.91. The summed E-state index contributed by atoms with van der Waals surface area (Å²) in [6.07, 6.45) is 5.04. The Hall–Kier alpha value is -0.0200. The van der Waals surface area contributed by atoms with Crippen molar-refractivity contribution in [3.05, 3.63) is 0 Å². The first-order valence-corrected chi connectivity index (χ1v) is 7.54. The van der Waals surface area contributed by atoms with Gasteiger partial charge < -0.3 is 4.90 Å². The molecule has 0 radical (unpaired) electrons. The third-order valence-electron chi connectivity index (χ3n) is 3.51. The van der Waals surface area contributed by atoms with Crippen molar-refractivity contribution in [3.63, 3.8) is 0 Å². The number of rotatable bonds is 5. The molecule has 0 aromatic carbocycles. The molecule has 0 heterocycles. The molecule has 0 spiro atoms. The molecule has 16 heavy (non-hydrogen) atoms. The van der Waals surface area contributed by atoms with E-state index < -0.39 is 0 Å². The molecule has 94 valence electrons. The standard InChI is InChI=1S/C13H25NOS/c1-13(2)6-5-12(15)11(9-13)10-14(3)7-8-16-4/h11H,5-10H2,1-4H3. The van der Waals surface area contributed by atoms with E-state index in [0.717, 1.165) is 38.1 Å². The number of Topliss-reactive ketones (excluding diaryl/α,β-unsaturated/α-hetero) is 1. The van der Waals surface area contributed by atoms with Crippen LogP contribution in [-0.4, -0.2) is 42.8 Å². The van der Waals surface area contributed by atoms with E-state index in [1.54, 1.807) is 0 Å². The lowest BCUT2D eigenvalue weighted by atomic mass is 9.71. The van der Waals surface area contributed by atoms with Crippen molar-refractivity contribution in [2.75, 3.05) is 32.1 Å². The molecule has 0 aliphatic heterocycles. The molecule has 1 aliphatic carbocycles. The van der Waals surface area contributed by atoms with Crippen LogP contribution in [0.15, 0.2) is 0 Å². The van der Waals surface area contributed by atoms with E-state index in [2.05, 4.69) is 32.1 Å². The summed E-state index contributed by atoms with van der Waals surface area (Å²) < 4.78 is 0. The highest BCUT2D eigenvalue weighted by molar-refractivity contribution is 7.98. The second-order valence-corrected chi connectivity index (χ2v) is 6.77. The van der Waals surface area contributed by atoms with E-state index in [-0.39, 0.29) is 5.92 Å². The topological polar surface area (TPSA) is 20.3 Å². The average molecular weight is 243 g/mol. The van der Waals surface area contributed by atoms with Gasteiger partial charge in [0.25, 0.3) is 0 Å². The number of thioether (sulfide) groups is 1. The fourth-order valence-electron chi connectivity index (χ4n) is 2.43. The van der Waals surface area contributed by atoms with Crippen molar-refractivity contribution in [3.8, 4) is 0 Å². The average Bonchev–Trinajstić information content (AvgIpc) is 2.20. The second-order valence-electron chi connectivity index (χ2n) is 5.79. The Morgan fingerprint density at radius 3 is 2.81 bits per heavy atom. The highest BCUT2D eigenvalue weighted by Crippen LogP contribution is 2.36. The molecule has 1 rings (SSSR count). The maximum Gasteiger partial charge on any atom is 0.137 e. The number of hydrogen-bond acceptors (Lipinski definition) is 3. The molecular weight excluding hydrogens is 218 g/mol. The lowest BCUT2D eigenvalue weighted by Crippen LogP contribution is -2.38. The van der Waals surface area contributed by atoms with Crippen molar-refractivity contribution in [1.29, 1.82) is 0 Å². The van der Waals surface area contributed by atoms with Crippen LogP contribution in [0.3, 0.4) is 0 Å². The number of hydrogen-bond donors (Lipinski definition) is 0. The summed E-state index contributed by atoms with van der Waals surface area (Å²) in [5.41, 5.74) is 0.360. The van der Waals surface area contributed by atoms with Crippen LogP contribution in [0.1, 0.15) is 33.1 Å². The van der Waals surface area contributed by atoms with E-state index in [4.69, 9.17) is 0 Å². The summed E-state index contributed by atoms with van der Waals surface area (Å²) in [7, 11) is 2.13.